The van der Waals surface area contributed by atoms with Crippen molar-refractivity contribution < 1.29 is 9.90 Å². The third-order valence-corrected chi connectivity index (χ3v) is 2.83. The molecule has 1 aromatic heterocycles. The van der Waals surface area contributed by atoms with Crippen LogP contribution in [0.5, 0.6) is 0 Å². The monoisotopic (exact) mass is 325 g/mol. The van der Waals surface area contributed by atoms with E-state index in [4.69, 9.17) is 17.3 Å². The molecule has 0 aliphatic rings. The van der Waals surface area contributed by atoms with Gasteiger partial charge in [-0.25, -0.2) is 4.79 Å². The summed E-state index contributed by atoms with van der Waals surface area (Å²) in [5, 5.41) is 18.4. The highest BCUT2D eigenvalue weighted by molar-refractivity contribution is 9.10. The molecule has 0 saturated carbocycles. The molecule has 7 heteroatoms. The Balaban J connectivity index is 2.40. The number of rotatable bonds is 3. The van der Waals surface area contributed by atoms with Gasteiger partial charge in [-0.2, -0.15) is 5.10 Å². The molecule has 0 radical (unpaired) electrons. The number of hydrogen-bond acceptors (Lipinski definition) is 4. The molecule has 1 aromatic carbocycles. The number of nitrogens with zero attached hydrogens (tertiary/aromatic N) is 1. The topological polar surface area (TPSA) is 78.0 Å². The lowest BCUT2D eigenvalue weighted by Gasteiger charge is -2.08. The van der Waals surface area contributed by atoms with Crippen LogP contribution in [0, 0.1) is 4.64 Å². The predicted octanol–water partition coefficient (Wildman–Crippen LogP) is 3.34. The number of nitrogens with one attached hydrogen (secondary N) is 2. The number of H-pyrrole nitrogens is 1. The summed E-state index contributed by atoms with van der Waals surface area (Å²) in [5.41, 5.74) is 0.753. The van der Waals surface area contributed by atoms with Crippen LogP contribution in [0.25, 0.3) is 0 Å². The SMILES string of the molecule is O=C(O)c1cc(=S)[nH]nc1Nc1cccc(Br)c1. The fourth-order valence-electron chi connectivity index (χ4n) is 1.36. The van der Waals surface area contributed by atoms with Gasteiger partial charge in [0.25, 0.3) is 0 Å². The first-order valence-corrected chi connectivity index (χ1v) is 6.12. The fraction of sp³-hybridized carbons (Fsp3) is 0. The van der Waals surface area contributed by atoms with Crippen LogP contribution < -0.4 is 5.32 Å². The Morgan fingerprint density at radius 3 is 2.89 bits per heavy atom. The van der Waals surface area contributed by atoms with Gasteiger partial charge in [-0.15, -0.1) is 0 Å². The molecule has 0 aliphatic heterocycles. The molecule has 18 heavy (non-hydrogen) atoms. The number of aromatic nitrogens is 2. The van der Waals surface area contributed by atoms with Gasteiger partial charge in [0.05, 0.1) is 0 Å². The Bertz CT molecular complexity index is 657. The van der Waals surface area contributed by atoms with Crippen molar-refractivity contribution in [2.45, 2.75) is 0 Å². The van der Waals surface area contributed by atoms with E-state index in [9.17, 15) is 4.79 Å². The zero-order valence-corrected chi connectivity index (χ0v) is 11.4. The molecule has 0 saturated heterocycles. The molecule has 0 amide bonds. The molecule has 0 unspecified atom stereocenters. The molecule has 0 atom stereocenters. The molecule has 2 aromatic rings. The van der Waals surface area contributed by atoms with Crippen molar-refractivity contribution in [3.63, 3.8) is 0 Å². The Morgan fingerprint density at radius 1 is 1.44 bits per heavy atom. The summed E-state index contributed by atoms with van der Waals surface area (Å²) in [7, 11) is 0. The summed E-state index contributed by atoms with van der Waals surface area (Å²) in [4.78, 5) is 11.1. The van der Waals surface area contributed by atoms with Crippen LogP contribution in [0.4, 0.5) is 11.5 Å². The van der Waals surface area contributed by atoms with Gasteiger partial charge in [0, 0.05) is 10.2 Å². The molecular weight excluding hydrogens is 318 g/mol. The van der Waals surface area contributed by atoms with Crippen molar-refractivity contribution in [1.29, 1.82) is 0 Å². The van der Waals surface area contributed by atoms with Crippen LogP contribution in [0.3, 0.4) is 0 Å². The smallest absolute Gasteiger partial charge is 0.339 e. The van der Waals surface area contributed by atoms with Crippen molar-refractivity contribution in [3.05, 3.63) is 45.0 Å². The van der Waals surface area contributed by atoms with E-state index in [0.29, 0.717) is 0 Å². The maximum absolute atomic E-state index is 11.1. The number of carbonyl (C=O) groups is 1. The lowest BCUT2D eigenvalue weighted by molar-refractivity contribution is 0.0697. The standard InChI is InChI=1S/C11H8BrN3O2S/c12-6-2-1-3-7(4-6)13-10-8(11(16)17)5-9(18)14-15-10/h1-5H,(H,13,15)(H,14,18)(H,16,17). The number of carboxylic acid groups (broad SMARTS) is 1. The number of hydrogen-bond donors (Lipinski definition) is 3. The van der Waals surface area contributed by atoms with E-state index in [1.54, 1.807) is 6.07 Å². The minimum absolute atomic E-state index is 0.0266. The van der Waals surface area contributed by atoms with Crippen LogP contribution in [0.1, 0.15) is 10.4 Å². The fourth-order valence-corrected chi connectivity index (χ4v) is 1.93. The Hall–Kier alpha value is -1.73. The van der Waals surface area contributed by atoms with Gasteiger partial charge in [-0.3, -0.25) is 5.10 Å². The van der Waals surface area contributed by atoms with E-state index in [2.05, 4.69) is 31.4 Å². The van der Waals surface area contributed by atoms with Crippen LogP contribution >= 0.6 is 28.1 Å². The molecule has 0 aliphatic carbocycles. The highest BCUT2D eigenvalue weighted by atomic mass is 79.9. The van der Waals surface area contributed by atoms with E-state index in [1.807, 2.05) is 18.2 Å². The molecule has 1 heterocycles. The van der Waals surface area contributed by atoms with Crippen LogP contribution in [0.15, 0.2) is 34.8 Å². The largest absolute Gasteiger partial charge is 0.478 e. The number of anilines is 2. The minimum atomic E-state index is -1.08. The summed E-state index contributed by atoms with van der Waals surface area (Å²) in [6.45, 7) is 0. The van der Waals surface area contributed by atoms with Crippen molar-refractivity contribution >= 4 is 45.6 Å². The molecule has 0 fully saturated rings. The Labute approximate surface area is 116 Å². The number of carboxylic acids is 1. The van der Waals surface area contributed by atoms with Gasteiger partial charge in [0.2, 0.25) is 0 Å². The Kier molecular flexibility index (Phi) is 3.73. The number of aromatic amines is 1. The summed E-state index contributed by atoms with van der Waals surface area (Å²) in [6, 6.07) is 8.67. The summed E-state index contributed by atoms with van der Waals surface area (Å²) in [5.74, 6) is -0.866. The number of halogens is 1. The first-order chi connectivity index (χ1) is 8.56. The van der Waals surface area contributed by atoms with Gasteiger partial charge in [0.1, 0.15) is 10.2 Å². The predicted molar refractivity (Wildman–Crippen MR) is 73.8 cm³/mol. The Morgan fingerprint density at radius 2 is 2.22 bits per heavy atom. The summed E-state index contributed by atoms with van der Waals surface area (Å²) >= 11 is 8.18. The summed E-state index contributed by atoms with van der Waals surface area (Å²) in [6.07, 6.45) is 0. The first kappa shape index (κ1) is 12.7. The van der Waals surface area contributed by atoms with Gasteiger partial charge >= 0.3 is 5.97 Å². The normalized spacial score (nSPS) is 10.1. The zero-order valence-electron chi connectivity index (χ0n) is 8.98. The van der Waals surface area contributed by atoms with E-state index in [-0.39, 0.29) is 16.0 Å². The lowest BCUT2D eigenvalue weighted by Crippen LogP contribution is -2.06. The highest BCUT2D eigenvalue weighted by Gasteiger charge is 2.11. The van der Waals surface area contributed by atoms with E-state index in [0.717, 1.165) is 10.2 Å². The molecule has 92 valence electrons. The second-order valence-electron chi connectivity index (χ2n) is 3.43. The first-order valence-electron chi connectivity index (χ1n) is 4.92. The maximum atomic E-state index is 11.1. The lowest BCUT2D eigenvalue weighted by atomic mass is 10.2. The maximum Gasteiger partial charge on any atom is 0.339 e. The highest BCUT2D eigenvalue weighted by Crippen LogP contribution is 2.21. The summed E-state index contributed by atoms with van der Waals surface area (Å²) < 4.78 is 1.15. The van der Waals surface area contributed by atoms with Crippen LogP contribution in [-0.4, -0.2) is 21.3 Å². The number of benzene rings is 1. The molecule has 0 bridgehead atoms. The van der Waals surface area contributed by atoms with Gasteiger partial charge in [0.15, 0.2) is 5.82 Å². The quantitative estimate of drug-likeness (QED) is 0.754. The van der Waals surface area contributed by atoms with E-state index < -0.39 is 5.97 Å². The van der Waals surface area contributed by atoms with E-state index in [1.165, 1.54) is 6.07 Å². The van der Waals surface area contributed by atoms with Crippen molar-refractivity contribution in [2.24, 2.45) is 0 Å². The molecule has 0 spiro atoms. The van der Waals surface area contributed by atoms with Crippen LogP contribution in [0.2, 0.25) is 0 Å². The average molecular weight is 326 g/mol. The van der Waals surface area contributed by atoms with Gasteiger partial charge < -0.3 is 10.4 Å². The third-order valence-electron chi connectivity index (χ3n) is 2.13. The second kappa shape index (κ2) is 5.28. The van der Waals surface area contributed by atoms with Crippen LogP contribution in [-0.2, 0) is 0 Å². The third kappa shape index (κ3) is 2.93. The van der Waals surface area contributed by atoms with Crippen molar-refractivity contribution in [2.75, 3.05) is 5.32 Å². The molecular formula is C11H8BrN3O2S. The zero-order chi connectivity index (χ0) is 13.1. The molecule has 5 nitrogen and oxygen atoms in total. The second-order valence-corrected chi connectivity index (χ2v) is 4.79. The minimum Gasteiger partial charge on any atom is -0.478 e. The number of aromatic carboxylic acids is 1. The van der Waals surface area contributed by atoms with Gasteiger partial charge in [-0.1, -0.05) is 34.2 Å². The van der Waals surface area contributed by atoms with Gasteiger partial charge in [-0.05, 0) is 24.3 Å². The van der Waals surface area contributed by atoms with Crippen molar-refractivity contribution in [1.82, 2.24) is 10.2 Å². The molecule has 2 rings (SSSR count). The van der Waals surface area contributed by atoms with Crippen molar-refractivity contribution in [3.8, 4) is 0 Å². The average Bonchev–Trinajstić information content (AvgIpc) is 2.31. The molecule has 3 N–H and O–H groups in total. The van der Waals surface area contributed by atoms with E-state index >= 15 is 0 Å².